The van der Waals surface area contributed by atoms with Gasteiger partial charge in [0, 0.05) is 24.0 Å². The second-order valence-electron chi connectivity index (χ2n) is 7.32. The molecule has 0 bridgehead atoms. The Balaban J connectivity index is 1.44. The molecule has 2 N–H and O–H groups in total. The van der Waals surface area contributed by atoms with Gasteiger partial charge in [-0.1, -0.05) is 24.4 Å². The second-order valence-corrected chi connectivity index (χ2v) is 7.73. The minimum atomic E-state index is -0.316. The fourth-order valence-electron chi connectivity index (χ4n) is 3.68. The van der Waals surface area contributed by atoms with Gasteiger partial charge < -0.3 is 15.4 Å². The molecule has 1 aromatic heterocycles. The Morgan fingerprint density at radius 3 is 2.60 bits per heavy atom. The number of ether oxygens (including phenoxy) is 1. The van der Waals surface area contributed by atoms with Crippen LogP contribution in [0.3, 0.4) is 0 Å². The highest BCUT2D eigenvalue weighted by Crippen LogP contribution is 2.30. The monoisotopic (exact) mass is 426 g/mol. The number of methoxy groups -OCH3 is 1. The van der Waals surface area contributed by atoms with E-state index < -0.39 is 0 Å². The molecule has 1 amide bonds. The molecule has 0 aliphatic heterocycles. The van der Waals surface area contributed by atoms with Gasteiger partial charge in [-0.3, -0.25) is 4.79 Å². The number of halogens is 1. The van der Waals surface area contributed by atoms with E-state index in [2.05, 4.69) is 26.2 Å². The van der Waals surface area contributed by atoms with Crippen molar-refractivity contribution >= 4 is 28.9 Å². The molecule has 1 aliphatic carbocycles. The number of nitrogens with one attached hydrogen (secondary N) is 2. The van der Waals surface area contributed by atoms with Crippen LogP contribution in [0.2, 0.25) is 5.02 Å². The van der Waals surface area contributed by atoms with Crippen LogP contribution >= 0.6 is 11.6 Å². The Kier molecular flexibility index (Phi) is 6.13. The highest BCUT2D eigenvalue weighted by molar-refractivity contribution is 6.33. The molecule has 0 atom stereocenters. The van der Waals surface area contributed by atoms with Crippen molar-refractivity contribution in [3.63, 3.8) is 0 Å². The number of hydrogen-bond donors (Lipinski definition) is 2. The molecule has 156 valence electrons. The van der Waals surface area contributed by atoms with Gasteiger partial charge in [0.15, 0.2) is 0 Å². The zero-order valence-corrected chi connectivity index (χ0v) is 17.4. The molecule has 9 heteroatoms. The molecule has 3 aromatic rings. The lowest BCUT2D eigenvalue weighted by Gasteiger charge is -2.14. The Hall–Kier alpha value is -3.13. The molecule has 0 radical (unpaired) electrons. The number of amides is 1. The van der Waals surface area contributed by atoms with Gasteiger partial charge in [-0.15, -0.1) is 5.10 Å². The normalized spacial score (nSPS) is 13.9. The summed E-state index contributed by atoms with van der Waals surface area (Å²) in [7, 11) is 1.49. The molecule has 4 rings (SSSR count). The van der Waals surface area contributed by atoms with Crippen LogP contribution in [0.25, 0.3) is 5.69 Å². The van der Waals surface area contributed by atoms with Crippen LogP contribution in [0.4, 0.5) is 11.4 Å². The number of carbonyl (C=O) groups is 1. The zero-order valence-electron chi connectivity index (χ0n) is 16.6. The third-order valence-electron chi connectivity index (χ3n) is 5.32. The van der Waals surface area contributed by atoms with Crippen molar-refractivity contribution < 1.29 is 9.53 Å². The highest BCUT2D eigenvalue weighted by atomic mass is 35.5. The molecule has 1 fully saturated rings. The molecule has 0 saturated heterocycles. The number of aromatic nitrogens is 4. The Labute approximate surface area is 179 Å². The predicted octanol–water partition coefficient (Wildman–Crippen LogP) is 4.18. The lowest BCUT2D eigenvalue weighted by molar-refractivity contribution is 0.102. The van der Waals surface area contributed by atoms with Crippen molar-refractivity contribution in [1.29, 1.82) is 0 Å². The molecule has 30 heavy (non-hydrogen) atoms. The van der Waals surface area contributed by atoms with Gasteiger partial charge in [-0.2, -0.15) is 4.68 Å². The van der Waals surface area contributed by atoms with E-state index in [1.54, 1.807) is 12.1 Å². The van der Waals surface area contributed by atoms with Gasteiger partial charge >= 0.3 is 0 Å². The summed E-state index contributed by atoms with van der Waals surface area (Å²) < 4.78 is 6.79. The number of benzene rings is 2. The quantitative estimate of drug-likeness (QED) is 0.588. The van der Waals surface area contributed by atoms with E-state index in [-0.39, 0.29) is 5.91 Å². The lowest BCUT2D eigenvalue weighted by atomic mass is 10.1. The van der Waals surface area contributed by atoms with Crippen molar-refractivity contribution in [2.75, 3.05) is 24.3 Å². The van der Waals surface area contributed by atoms with Gasteiger partial charge in [-0.05, 0) is 59.5 Å². The van der Waals surface area contributed by atoms with Crippen molar-refractivity contribution in [3.8, 4) is 11.4 Å². The average Bonchev–Trinajstić information content (AvgIpc) is 3.47. The third kappa shape index (κ3) is 4.54. The summed E-state index contributed by atoms with van der Waals surface area (Å²) in [4.78, 5) is 12.8. The van der Waals surface area contributed by atoms with E-state index in [1.807, 2.05) is 24.3 Å². The first kappa shape index (κ1) is 20.2. The first-order valence-corrected chi connectivity index (χ1v) is 10.3. The standard InChI is InChI=1S/C21H23ClN6O2/c1-30-20-11-19(28-13-24-26-27-28)18(22)10-17(20)21(29)25-16-8-6-15(7-9-16)23-12-14-4-2-3-5-14/h6-11,13-14,23H,2-5,12H2,1H3,(H,25,29). The van der Waals surface area contributed by atoms with Gasteiger partial charge in [0.2, 0.25) is 0 Å². The Morgan fingerprint density at radius 1 is 1.20 bits per heavy atom. The number of rotatable bonds is 7. The van der Waals surface area contributed by atoms with E-state index in [4.69, 9.17) is 16.3 Å². The van der Waals surface area contributed by atoms with Crippen LogP contribution in [0.1, 0.15) is 36.0 Å². The fourth-order valence-corrected chi connectivity index (χ4v) is 3.93. The molecule has 8 nitrogen and oxygen atoms in total. The molecule has 1 heterocycles. The van der Waals surface area contributed by atoms with E-state index in [9.17, 15) is 4.79 Å². The minimum Gasteiger partial charge on any atom is -0.496 e. The SMILES string of the molecule is COc1cc(-n2cnnn2)c(Cl)cc1C(=O)Nc1ccc(NCC2CCCC2)cc1. The van der Waals surface area contributed by atoms with Crippen LogP contribution in [0.15, 0.2) is 42.7 Å². The van der Waals surface area contributed by atoms with Crippen molar-refractivity contribution in [1.82, 2.24) is 20.2 Å². The summed E-state index contributed by atoms with van der Waals surface area (Å²) in [6.07, 6.45) is 6.70. The van der Waals surface area contributed by atoms with Gasteiger partial charge in [0.25, 0.3) is 5.91 Å². The molecule has 1 aliphatic rings. The smallest absolute Gasteiger partial charge is 0.259 e. The van der Waals surface area contributed by atoms with Crippen LogP contribution in [-0.2, 0) is 0 Å². The molecule has 2 aromatic carbocycles. The first-order valence-electron chi connectivity index (χ1n) is 9.90. The second kappa shape index (κ2) is 9.13. The van der Waals surface area contributed by atoms with E-state index in [0.717, 1.165) is 18.2 Å². The predicted molar refractivity (Wildman–Crippen MR) is 116 cm³/mol. The zero-order chi connectivity index (χ0) is 20.9. The summed E-state index contributed by atoms with van der Waals surface area (Å²) in [5.74, 6) is 0.818. The number of hydrogen-bond acceptors (Lipinski definition) is 6. The van der Waals surface area contributed by atoms with Crippen LogP contribution in [0.5, 0.6) is 5.75 Å². The molecule has 1 saturated carbocycles. The van der Waals surface area contributed by atoms with Crippen molar-refractivity contribution in [2.24, 2.45) is 5.92 Å². The summed E-state index contributed by atoms with van der Waals surface area (Å²) in [6.45, 7) is 0.995. The van der Waals surface area contributed by atoms with Gasteiger partial charge in [0.1, 0.15) is 12.1 Å². The molecule has 0 spiro atoms. The fraction of sp³-hybridized carbons (Fsp3) is 0.333. The maximum Gasteiger partial charge on any atom is 0.259 e. The molecular formula is C21H23ClN6O2. The summed E-state index contributed by atoms with van der Waals surface area (Å²) >= 11 is 6.35. The van der Waals surface area contributed by atoms with Crippen molar-refractivity contribution in [3.05, 3.63) is 53.3 Å². The maximum atomic E-state index is 12.8. The number of nitrogens with zero attached hydrogens (tertiary/aromatic N) is 4. The Morgan fingerprint density at radius 2 is 1.93 bits per heavy atom. The molecule has 0 unspecified atom stereocenters. The number of tetrazole rings is 1. The van der Waals surface area contributed by atoms with Crippen LogP contribution in [0, 0.1) is 5.92 Å². The van der Waals surface area contributed by atoms with Gasteiger partial charge in [0.05, 0.1) is 23.4 Å². The highest BCUT2D eigenvalue weighted by Gasteiger charge is 2.18. The number of anilines is 2. The van der Waals surface area contributed by atoms with Crippen molar-refractivity contribution in [2.45, 2.75) is 25.7 Å². The van der Waals surface area contributed by atoms with Crippen LogP contribution in [-0.4, -0.2) is 39.8 Å². The lowest BCUT2D eigenvalue weighted by Crippen LogP contribution is -2.14. The molecular weight excluding hydrogens is 404 g/mol. The average molecular weight is 427 g/mol. The van der Waals surface area contributed by atoms with E-state index in [1.165, 1.54) is 43.8 Å². The van der Waals surface area contributed by atoms with Gasteiger partial charge in [-0.25, -0.2) is 0 Å². The topological polar surface area (TPSA) is 94.0 Å². The largest absolute Gasteiger partial charge is 0.496 e. The third-order valence-corrected chi connectivity index (χ3v) is 5.62. The number of carbonyl (C=O) groups excluding carboxylic acids is 1. The van der Waals surface area contributed by atoms with E-state index >= 15 is 0 Å². The van der Waals surface area contributed by atoms with Crippen LogP contribution < -0.4 is 15.4 Å². The summed E-state index contributed by atoms with van der Waals surface area (Å²) in [5, 5.41) is 17.7. The summed E-state index contributed by atoms with van der Waals surface area (Å²) in [5.41, 5.74) is 2.58. The maximum absolute atomic E-state index is 12.8. The van der Waals surface area contributed by atoms with E-state index in [0.29, 0.717) is 27.7 Å². The Bertz CT molecular complexity index is 1000. The minimum absolute atomic E-state index is 0.316. The first-order chi connectivity index (χ1) is 14.6. The summed E-state index contributed by atoms with van der Waals surface area (Å²) in [6, 6.07) is 10.9.